The highest BCUT2D eigenvalue weighted by Crippen LogP contribution is 2.39. The highest BCUT2D eigenvalue weighted by atomic mass is 16.7. The minimum Gasteiger partial charge on any atom is -0.444 e. The summed E-state index contributed by atoms with van der Waals surface area (Å²) >= 11 is 0. The summed E-state index contributed by atoms with van der Waals surface area (Å²) in [7, 11) is 0. The molecule has 3 aliphatic rings. The van der Waals surface area contributed by atoms with E-state index in [2.05, 4.69) is 10.2 Å². The van der Waals surface area contributed by atoms with E-state index in [1.54, 1.807) is 9.80 Å². The maximum Gasteiger partial charge on any atom is 0.410 e. The molecule has 3 amide bonds. The minimum absolute atomic E-state index is 0.00542. The van der Waals surface area contributed by atoms with Crippen molar-refractivity contribution in [3.63, 3.8) is 0 Å². The van der Waals surface area contributed by atoms with Crippen molar-refractivity contribution >= 4 is 12.1 Å². The van der Waals surface area contributed by atoms with E-state index in [-0.39, 0.29) is 30.2 Å². The molecule has 2 bridgehead atoms. The number of nitrogens with zero attached hydrogens (tertiary/aromatic N) is 5. The number of amides is 3. The molecule has 3 fully saturated rings. The number of hydrogen-bond donors (Lipinski definition) is 0. The van der Waals surface area contributed by atoms with Crippen molar-refractivity contribution in [3.05, 3.63) is 47.7 Å². The van der Waals surface area contributed by atoms with Crippen LogP contribution >= 0.6 is 0 Å². The molecule has 1 aromatic heterocycles. The first-order chi connectivity index (χ1) is 16.8. The standard InChI is InChI=1S/C25H33N5O5/c1-25(2,3)35-24(32)28-14-8-7-11-19(28)21-26-27-22(34-21)20-13-12-18-15-29(20)23(31)30(18)33-16-17-9-5-4-6-10-17/h4-6,9-10,18-20H,7-8,11-16H2,1-3H3. The Hall–Kier alpha value is -3.14. The van der Waals surface area contributed by atoms with Crippen LogP contribution in [0.2, 0.25) is 0 Å². The molecule has 2 aromatic rings. The molecule has 3 aliphatic heterocycles. The van der Waals surface area contributed by atoms with Crippen LogP contribution in [0, 0.1) is 0 Å². The van der Waals surface area contributed by atoms with Gasteiger partial charge in [0.05, 0.1) is 6.04 Å². The average Bonchev–Trinajstić information content (AvgIpc) is 3.42. The fourth-order valence-corrected chi connectivity index (χ4v) is 5.02. The number of hydroxylamine groups is 2. The summed E-state index contributed by atoms with van der Waals surface area (Å²) in [6, 6.07) is 9.00. The molecule has 0 N–H and O–H groups in total. The molecule has 10 heteroatoms. The lowest BCUT2D eigenvalue weighted by Gasteiger charge is -2.34. The van der Waals surface area contributed by atoms with E-state index in [1.165, 1.54) is 5.06 Å². The molecule has 3 unspecified atom stereocenters. The monoisotopic (exact) mass is 483 g/mol. The van der Waals surface area contributed by atoms with Crippen LogP contribution in [0.15, 0.2) is 34.7 Å². The maximum absolute atomic E-state index is 13.1. The first-order valence-electron chi connectivity index (χ1n) is 12.4. The van der Waals surface area contributed by atoms with Gasteiger partial charge in [-0.3, -0.25) is 9.74 Å². The van der Waals surface area contributed by atoms with Crippen LogP contribution < -0.4 is 0 Å². The van der Waals surface area contributed by atoms with Crippen LogP contribution in [0.5, 0.6) is 0 Å². The lowest BCUT2D eigenvalue weighted by atomic mass is 10.0. The molecular formula is C25H33N5O5. The van der Waals surface area contributed by atoms with Crippen molar-refractivity contribution in [2.24, 2.45) is 0 Å². The normalized spacial score (nSPS) is 24.7. The second-order valence-corrected chi connectivity index (χ2v) is 10.4. The number of fused-ring (bicyclic) bond motifs is 2. The molecule has 5 rings (SSSR count). The van der Waals surface area contributed by atoms with Gasteiger partial charge in [-0.1, -0.05) is 30.3 Å². The van der Waals surface area contributed by atoms with Gasteiger partial charge in [-0.2, -0.15) is 5.06 Å². The number of urea groups is 1. The first-order valence-corrected chi connectivity index (χ1v) is 12.4. The van der Waals surface area contributed by atoms with Crippen molar-refractivity contribution in [2.45, 2.75) is 83.2 Å². The first kappa shape index (κ1) is 23.6. The minimum atomic E-state index is -0.581. The van der Waals surface area contributed by atoms with Gasteiger partial charge >= 0.3 is 12.1 Å². The van der Waals surface area contributed by atoms with Crippen LogP contribution in [0.3, 0.4) is 0 Å². The Labute approximate surface area is 205 Å². The maximum atomic E-state index is 13.1. The summed E-state index contributed by atoms with van der Waals surface area (Å²) in [5.74, 6) is 0.808. The number of carbonyl (C=O) groups is 2. The van der Waals surface area contributed by atoms with Crippen LogP contribution in [-0.4, -0.2) is 61.9 Å². The van der Waals surface area contributed by atoms with Gasteiger partial charge < -0.3 is 14.1 Å². The number of aromatic nitrogens is 2. The summed E-state index contributed by atoms with van der Waals surface area (Å²) in [5.41, 5.74) is 0.430. The van der Waals surface area contributed by atoms with E-state index in [4.69, 9.17) is 14.0 Å². The molecular weight excluding hydrogens is 450 g/mol. The topological polar surface area (TPSA) is 101 Å². The Balaban J connectivity index is 1.27. The van der Waals surface area contributed by atoms with Crippen molar-refractivity contribution in [2.75, 3.05) is 13.1 Å². The summed E-state index contributed by atoms with van der Waals surface area (Å²) < 4.78 is 11.7. The number of hydrogen-bond acceptors (Lipinski definition) is 7. The summed E-state index contributed by atoms with van der Waals surface area (Å²) in [5, 5.41) is 10.1. The zero-order valence-corrected chi connectivity index (χ0v) is 20.6. The molecule has 3 saturated heterocycles. The number of benzene rings is 1. The van der Waals surface area contributed by atoms with Gasteiger partial charge in [0.15, 0.2) is 0 Å². The molecule has 0 radical (unpaired) electrons. The molecule has 0 aliphatic carbocycles. The number of likely N-dealkylation sites (tertiary alicyclic amines) is 1. The van der Waals surface area contributed by atoms with E-state index in [1.807, 2.05) is 51.1 Å². The largest absolute Gasteiger partial charge is 0.444 e. The third-order valence-corrected chi connectivity index (χ3v) is 6.69. The number of ether oxygens (including phenoxy) is 1. The molecule has 0 saturated carbocycles. The van der Waals surface area contributed by atoms with Gasteiger partial charge in [0.2, 0.25) is 11.8 Å². The lowest BCUT2D eigenvalue weighted by Crippen LogP contribution is -2.42. The van der Waals surface area contributed by atoms with Gasteiger partial charge in [0.25, 0.3) is 0 Å². The Morgan fingerprint density at radius 1 is 1.06 bits per heavy atom. The number of carbonyl (C=O) groups excluding carboxylic acids is 2. The zero-order chi connectivity index (χ0) is 24.6. The Morgan fingerprint density at radius 3 is 2.54 bits per heavy atom. The predicted octanol–water partition coefficient (Wildman–Crippen LogP) is 4.60. The van der Waals surface area contributed by atoms with E-state index in [0.29, 0.717) is 37.9 Å². The Morgan fingerprint density at radius 2 is 1.80 bits per heavy atom. The van der Waals surface area contributed by atoms with Crippen molar-refractivity contribution in [3.8, 4) is 0 Å². The van der Waals surface area contributed by atoms with Crippen LogP contribution in [-0.2, 0) is 16.2 Å². The van der Waals surface area contributed by atoms with Gasteiger partial charge in [-0.15, -0.1) is 10.2 Å². The summed E-state index contributed by atoms with van der Waals surface area (Å²) in [6.07, 6.45) is 3.73. The average molecular weight is 484 g/mol. The predicted molar refractivity (Wildman–Crippen MR) is 125 cm³/mol. The molecule has 4 heterocycles. The third-order valence-electron chi connectivity index (χ3n) is 6.69. The molecule has 0 spiro atoms. The molecule has 1 aromatic carbocycles. The zero-order valence-electron chi connectivity index (χ0n) is 20.6. The molecule has 188 valence electrons. The Bertz CT molecular complexity index is 1050. The van der Waals surface area contributed by atoms with E-state index < -0.39 is 5.60 Å². The van der Waals surface area contributed by atoms with Crippen molar-refractivity contribution < 1.29 is 23.6 Å². The second-order valence-electron chi connectivity index (χ2n) is 10.4. The quantitative estimate of drug-likeness (QED) is 0.612. The highest BCUT2D eigenvalue weighted by Gasteiger charge is 2.48. The molecule has 10 nitrogen and oxygen atoms in total. The van der Waals surface area contributed by atoms with E-state index in [0.717, 1.165) is 31.2 Å². The van der Waals surface area contributed by atoms with Gasteiger partial charge in [0, 0.05) is 13.1 Å². The Kier molecular flexibility index (Phi) is 6.39. The fraction of sp³-hybridized carbons (Fsp3) is 0.600. The highest BCUT2D eigenvalue weighted by molar-refractivity contribution is 5.77. The van der Waals surface area contributed by atoms with Crippen molar-refractivity contribution in [1.82, 2.24) is 25.1 Å². The van der Waals surface area contributed by atoms with Crippen LogP contribution in [0.25, 0.3) is 0 Å². The van der Waals surface area contributed by atoms with Crippen LogP contribution in [0.1, 0.15) is 82.3 Å². The molecule has 35 heavy (non-hydrogen) atoms. The van der Waals surface area contributed by atoms with Gasteiger partial charge in [-0.25, -0.2) is 9.59 Å². The second kappa shape index (κ2) is 9.49. The van der Waals surface area contributed by atoms with E-state index in [9.17, 15) is 9.59 Å². The van der Waals surface area contributed by atoms with E-state index >= 15 is 0 Å². The van der Waals surface area contributed by atoms with Gasteiger partial charge in [-0.05, 0) is 58.4 Å². The summed E-state index contributed by atoms with van der Waals surface area (Å²) in [4.78, 5) is 35.3. The van der Waals surface area contributed by atoms with Crippen LogP contribution in [0.4, 0.5) is 9.59 Å². The summed E-state index contributed by atoms with van der Waals surface area (Å²) in [6.45, 7) is 7.04. The third kappa shape index (κ3) is 4.98. The smallest absolute Gasteiger partial charge is 0.410 e. The lowest BCUT2D eigenvalue weighted by molar-refractivity contribution is -0.140. The fourth-order valence-electron chi connectivity index (χ4n) is 5.02. The number of rotatable bonds is 5. The molecule has 3 atom stereocenters. The number of piperidine rings is 2. The van der Waals surface area contributed by atoms with Gasteiger partial charge in [0.1, 0.15) is 24.3 Å². The SMILES string of the molecule is CC(C)(C)OC(=O)N1CCCCC1c1nnc(C2CCC3CN2C(=O)N3OCc2ccccc2)o1. The van der Waals surface area contributed by atoms with Crippen molar-refractivity contribution in [1.29, 1.82) is 0 Å².